The van der Waals surface area contributed by atoms with E-state index >= 15 is 0 Å². The lowest BCUT2D eigenvalue weighted by atomic mass is 10.1. The monoisotopic (exact) mass is 232 g/mol. The van der Waals surface area contributed by atoms with Gasteiger partial charge in [-0.15, -0.1) is 0 Å². The molecule has 1 aromatic heterocycles. The van der Waals surface area contributed by atoms with Crippen LogP contribution in [0.3, 0.4) is 0 Å². The maximum atomic E-state index is 6.06. The highest BCUT2D eigenvalue weighted by atomic mass is 35.5. The van der Waals surface area contributed by atoms with E-state index in [-0.39, 0.29) is 0 Å². The predicted octanol–water partition coefficient (Wildman–Crippen LogP) is 3.66. The minimum absolute atomic E-state index is 0.756. The van der Waals surface area contributed by atoms with Gasteiger partial charge >= 0.3 is 0 Å². The van der Waals surface area contributed by atoms with Crippen molar-refractivity contribution in [3.05, 3.63) is 58.9 Å². The lowest BCUT2D eigenvalue weighted by Gasteiger charge is -2.07. The minimum atomic E-state index is 0.756. The Hall–Kier alpha value is -1.54. The summed E-state index contributed by atoms with van der Waals surface area (Å²) < 4.78 is 0. The topological polar surface area (TPSA) is 24.9 Å². The van der Waals surface area contributed by atoms with Crippen LogP contribution in [-0.4, -0.2) is 4.98 Å². The first kappa shape index (κ1) is 11.0. The summed E-state index contributed by atoms with van der Waals surface area (Å²) in [5.41, 5.74) is 3.28. The molecule has 0 radical (unpaired) electrons. The molecular formula is C13H13ClN2. The Bertz CT molecular complexity index is 469. The van der Waals surface area contributed by atoms with E-state index in [9.17, 15) is 0 Å². The number of benzene rings is 1. The highest BCUT2D eigenvalue weighted by Crippen LogP contribution is 2.17. The van der Waals surface area contributed by atoms with Gasteiger partial charge < -0.3 is 5.32 Å². The van der Waals surface area contributed by atoms with Crippen LogP contribution in [0, 0.1) is 6.92 Å². The smallest absolute Gasteiger partial charge is 0.0529 e. The molecular weight excluding hydrogens is 220 g/mol. The highest BCUT2D eigenvalue weighted by molar-refractivity contribution is 6.31. The molecule has 1 heterocycles. The highest BCUT2D eigenvalue weighted by Gasteiger charge is 1.98. The van der Waals surface area contributed by atoms with E-state index in [4.69, 9.17) is 11.6 Å². The van der Waals surface area contributed by atoms with Crippen molar-refractivity contribution in [2.45, 2.75) is 13.5 Å². The zero-order valence-electron chi connectivity index (χ0n) is 9.07. The van der Waals surface area contributed by atoms with Crippen molar-refractivity contribution in [2.24, 2.45) is 0 Å². The van der Waals surface area contributed by atoms with Crippen LogP contribution in [0.1, 0.15) is 11.1 Å². The molecule has 3 heteroatoms. The molecule has 1 N–H and O–H groups in total. The summed E-state index contributed by atoms with van der Waals surface area (Å²) in [7, 11) is 0. The first-order valence-electron chi connectivity index (χ1n) is 5.14. The molecule has 0 atom stereocenters. The van der Waals surface area contributed by atoms with Gasteiger partial charge in [0.15, 0.2) is 0 Å². The van der Waals surface area contributed by atoms with Crippen LogP contribution < -0.4 is 5.32 Å². The van der Waals surface area contributed by atoms with E-state index in [1.165, 1.54) is 5.56 Å². The molecule has 16 heavy (non-hydrogen) atoms. The molecule has 0 aliphatic heterocycles. The number of nitrogens with one attached hydrogen (secondary N) is 1. The van der Waals surface area contributed by atoms with Gasteiger partial charge in [0.05, 0.1) is 5.69 Å². The number of anilines is 1. The molecule has 0 bridgehead atoms. The van der Waals surface area contributed by atoms with Crippen LogP contribution in [0.25, 0.3) is 0 Å². The quantitative estimate of drug-likeness (QED) is 0.874. The molecule has 0 saturated carbocycles. The lowest BCUT2D eigenvalue weighted by Crippen LogP contribution is -1.99. The van der Waals surface area contributed by atoms with Gasteiger partial charge in [-0.2, -0.15) is 0 Å². The molecule has 1 aromatic carbocycles. The number of aryl methyl sites for hydroxylation is 1. The van der Waals surface area contributed by atoms with Crippen LogP contribution in [-0.2, 0) is 6.54 Å². The molecule has 0 saturated heterocycles. The second kappa shape index (κ2) is 4.99. The van der Waals surface area contributed by atoms with Crippen molar-refractivity contribution in [3.8, 4) is 0 Å². The van der Waals surface area contributed by atoms with Gasteiger partial charge in [0.2, 0.25) is 0 Å². The molecule has 82 valence electrons. The maximum Gasteiger partial charge on any atom is 0.0529 e. The van der Waals surface area contributed by atoms with E-state index in [2.05, 4.69) is 16.4 Å². The molecule has 0 spiro atoms. The summed E-state index contributed by atoms with van der Waals surface area (Å²) >= 11 is 6.06. The van der Waals surface area contributed by atoms with Crippen molar-refractivity contribution >= 4 is 17.3 Å². The van der Waals surface area contributed by atoms with E-state index in [1.807, 2.05) is 31.2 Å². The first-order valence-corrected chi connectivity index (χ1v) is 5.52. The SMILES string of the molecule is Cc1ccc(CNc2cccnc2)cc1Cl. The zero-order valence-corrected chi connectivity index (χ0v) is 9.83. The molecule has 0 aliphatic rings. The Kier molecular flexibility index (Phi) is 3.42. The normalized spacial score (nSPS) is 10.1. The number of pyridine rings is 1. The van der Waals surface area contributed by atoms with Crippen LogP contribution in [0.2, 0.25) is 5.02 Å². The van der Waals surface area contributed by atoms with E-state index in [1.54, 1.807) is 12.4 Å². The van der Waals surface area contributed by atoms with Crippen molar-refractivity contribution in [2.75, 3.05) is 5.32 Å². The Balaban J connectivity index is 2.03. The largest absolute Gasteiger partial charge is 0.380 e. The van der Waals surface area contributed by atoms with E-state index in [0.717, 1.165) is 22.8 Å². The molecule has 0 aliphatic carbocycles. The average molecular weight is 233 g/mol. The third-order valence-electron chi connectivity index (χ3n) is 2.39. The summed E-state index contributed by atoms with van der Waals surface area (Å²) in [6.07, 6.45) is 3.56. The van der Waals surface area contributed by atoms with Crippen LogP contribution >= 0.6 is 11.6 Å². The Labute approximate surface area is 100 Å². The summed E-state index contributed by atoms with van der Waals surface area (Å²) in [6, 6.07) is 9.99. The second-order valence-corrected chi connectivity index (χ2v) is 4.09. The first-order chi connectivity index (χ1) is 7.75. The summed E-state index contributed by atoms with van der Waals surface area (Å²) in [4.78, 5) is 4.04. The molecule has 0 amide bonds. The third-order valence-corrected chi connectivity index (χ3v) is 2.80. The Morgan fingerprint density at radius 1 is 1.31 bits per heavy atom. The van der Waals surface area contributed by atoms with Crippen LogP contribution in [0.4, 0.5) is 5.69 Å². The van der Waals surface area contributed by atoms with Crippen LogP contribution in [0.5, 0.6) is 0 Å². The maximum absolute atomic E-state index is 6.06. The zero-order chi connectivity index (χ0) is 11.4. The van der Waals surface area contributed by atoms with Crippen molar-refractivity contribution in [1.82, 2.24) is 4.98 Å². The van der Waals surface area contributed by atoms with Gasteiger partial charge in [-0.25, -0.2) is 0 Å². The van der Waals surface area contributed by atoms with Crippen molar-refractivity contribution in [3.63, 3.8) is 0 Å². The fraction of sp³-hybridized carbons (Fsp3) is 0.154. The lowest BCUT2D eigenvalue weighted by molar-refractivity contribution is 1.13. The van der Waals surface area contributed by atoms with Gasteiger partial charge in [-0.3, -0.25) is 4.98 Å². The minimum Gasteiger partial charge on any atom is -0.380 e. The van der Waals surface area contributed by atoms with Gasteiger partial charge in [-0.1, -0.05) is 23.7 Å². The summed E-state index contributed by atoms with van der Waals surface area (Å²) in [6.45, 7) is 2.76. The van der Waals surface area contributed by atoms with Gasteiger partial charge in [0, 0.05) is 24.0 Å². The van der Waals surface area contributed by atoms with Crippen molar-refractivity contribution < 1.29 is 0 Å². The summed E-state index contributed by atoms with van der Waals surface area (Å²) in [5.74, 6) is 0. The molecule has 2 rings (SSSR count). The van der Waals surface area contributed by atoms with Crippen LogP contribution in [0.15, 0.2) is 42.7 Å². The second-order valence-electron chi connectivity index (χ2n) is 3.68. The third kappa shape index (κ3) is 2.74. The van der Waals surface area contributed by atoms with Gasteiger partial charge in [0.1, 0.15) is 0 Å². The number of halogens is 1. The number of hydrogen-bond acceptors (Lipinski definition) is 2. The number of aromatic nitrogens is 1. The molecule has 2 aromatic rings. The number of nitrogens with zero attached hydrogens (tertiary/aromatic N) is 1. The van der Waals surface area contributed by atoms with E-state index < -0.39 is 0 Å². The number of rotatable bonds is 3. The fourth-order valence-electron chi connectivity index (χ4n) is 1.42. The molecule has 0 fully saturated rings. The molecule has 2 nitrogen and oxygen atoms in total. The van der Waals surface area contributed by atoms with Gasteiger partial charge in [0.25, 0.3) is 0 Å². The number of hydrogen-bond donors (Lipinski definition) is 1. The summed E-state index contributed by atoms with van der Waals surface area (Å²) in [5, 5.41) is 4.10. The standard InChI is InChI=1S/C13H13ClN2/c1-10-4-5-11(7-13(10)14)8-16-12-3-2-6-15-9-12/h2-7,9,16H,8H2,1H3. The average Bonchev–Trinajstić information content (AvgIpc) is 2.32. The Morgan fingerprint density at radius 3 is 2.88 bits per heavy atom. The molecule has 0 unspecified atom stereocenters. The van der Waals surface area contributed by atoms with E-state index in [0.29, 0.717) is 0 Å². The Morgan fingerprint density at radius 2 is 2.19 bits per heavy atom. The predicted molar refractivity (Wildman–Crippen MR) is 67.8 cm³/mol. The van der Waals surface area contributed by atoms with Crippen molar-refractivity contribution in [1.29, 1.82) is 0 Å². The fourth-order valence-corrected chi connectivity index (χ4v) is 1.62. The van der Waals surface area contributed by atoms with Gasteiger partial charge in [-0.05, 0) is 36.2 Å².